The van der Waals surface area contributed by atoms with Crippen molar-refractivity contribution in [1.82, 2.24) is 4.90 Å². The molecule has 1 radical (unpaired) electrons. The maximum atomic E-state index is 10.6. The number of hydrogen-bond acceptors (Lipinski definition) is 2. The van der Waals surface area contributed by atoms with Crippen molar-refractivity contribution in [3.05, 3.63) is 35.9 Å². The third-order valence-corrected chi connectivity index (χ3v) is 2.79. The van der Waals surface area contributed by atoms with Gasteiger partial charge in [-0.15, -0.1) is 0 Å². The van der Waals surface area contributed by atoms with Gasteiger partial charge in [-0.25, -0.2) is 0 Å². The van der Waals surface area contributed by atoms with E-state index in [1.807, 2.05) is 43.7 Å². The molecule has 1 aromatic carbocycles. The zero-order valence-corrected chi connectivity index (χ0v) is 8.77. The highest BCUT2D eigenvalue weighted by Gasteiger charge is 2.33. The lowest BCUT2D eigenvalue weighted by atomic mass is 9.94. The molecule has 0 aliphatic carbocycles. The molecule has 3 heteroatoms. The van der Waals surface area contributed by atoms with E-state index in [2.05, 4.69) is 0 Å². The second-order valence-corrected chi connectivity index (χ2v) is 3.96. The summed E-state index contributed by atoms with van der Waals surface area (Å²) in [6, 6.07) is 9.98. The van der Waals surface area contributed by atoms with Gasteiger partial charge in [0.15, 0.2) is 0 Å². The van der Waals surface area contributed by atoms with Crippen LogP contribution in [-0.2, 0) is 15.1 Å². The Bertz CT molecular complexity index is 339. The molecule has 1 aliphatic heterocycles. The predicted molar refractivity (Wildman–Crippen MR) is 57.0 cm³/mol. The number of amides is 1. The van der Waals surface area contributed by atoms with Gasteiger partial charge in [0.1, 0.15) is 5.60 Å². The second-order valence-electron chi connectivity index (χ2n) is 3.96. The molecule has 1 unspecified atom stereocenters. The van der Waals surface area contributed by atoms with Gasteiger partial charge in [-0.2, -0.15) is 0 Å². The minimum atomic E-state index is -0.392. The minimum Gasteiger partial charge on any atom is -0.367 e. The van der Waals surface area contributed by atoms with Crippen molar-refractivity contribution in [3.8, 4) is 0 Å². The third-order valence-electron chi connectivity index (χ3n) is 2.79. The Kier molecular flexibility index (Phi) is 2.73. The van der Waals surface area contributed by atoms with Crippen molar-refractivity contribution in [2.24, 2.45) is 0 Å². The molecule has 0 bridgehead atoms. The van der Waals surface area contributed by atoms with Crippen LogP contribution in [0.25, 0.3) is 0 Å². The molecular weight excluding hydrogens is 190 g/mol. The van der Waals surface area contributed by atoms with Crippen molar-refractivity contribution < 1.29 is 9.53 Å². The Labute approximate surface area is 89.7 Å². The van der Waals surface area contributed by atoms with Crippen LogP contribution in [0, 0.1) is 0 Å². The van der Waals surface area contributed by atoms with Crippen LogP contribution in [0.2, 0.25) is 0 Å². The van der Waals surface area contributed by atoms with Crippen molar-refractivity contribution >= 4 is 6.41 Å². The van der Waals surface area contributed by atoms with E-state index in [9.17, 15) is 4.79 Å². The summed E-state index contributed by atoms with van der Waals surface area (Å²) >= 11 is 0. The number of benzene rings is 1. The number of hydrogen-bond donors (Lipinski definition) is 0. The Hall–Kier alpha value is -1.35. The van der Waals surface area contributed by atoms with Crippen LogP contribution in [-0.4, -0.2) is 31.0 Å². The summed E-state index contributed by atoms with van der Waals surface area (Å²) in [5.74, 6) is 0. The number of morpholine rings is 1. The zero-order chi connectivity index (χ0) is 10.7. The van der Waals surface area contributed by atoms with E-state index < -0.39 is 5.60 Å². The van der Waals surface area contributed by atoms with Crippen LogP contribution in [0.3, 0.4) is 0 Å². The average Bonchev–Trinajstić information content (AvgIpc) is 2.30. The van der Waals surface area contributed by atoms with E-state index >= 15 is 0 Å². The molecule has 1 aromatic rings. The fourth-order valence-electron chi connectivity index (χ4n) is 1.91. The molecule has 1 amide bonds. The zero-order valence-electron chi connectivity index (χ0n) is 8.77. The van der Waals surface area contributed by atoms with Gasteiger partial charge in [0, 0.05) is 6.54 Å². The van der Waals surface area contributed by atoms with Crippen molar-refractivity contribution in [2.75, 3.05) is 19.7 Å². The maximum absolute atomic E-state index is 10.6. The molecule has 0 N–H and O–H groups in total. The smallest absolute Gasteiger partial charge is 0.312 e. The quantitative estimate of drug-likeness (QED) is 0.726. The highest BCUT2D eigenvalue weighted by atomic mass is 16.5. The summed E-state index contributed by atoms with van der Waals surface area (Å²) in [7, 11) is 0. The average molecular weight is 204 g/mol. The fraction of sp³-hybridized carbons (Fsp3) is 0.417. The normalized spacial score (nSPS) is 26.3. The van der Waals surface area contributed by atoms with Gasteiger partial charge in [-0.3, -0.25) is 4.79 Å². The van der Waals surface area contributed by atoms with E-state index in [4.69, 9.17) is 4.74 Å². The molecule has 1 aliphatic rings. The second kappa shape index (κ2) is 4.03. The van der Waals surface area contributed by atoms with Crippen LogP contribution in [0.1, 0.15) is 12.5 Å². The van der Waals surface area contributed by atoms with Crippen LogP contribution >= 0.6 is 0 Å². The van der Waals surface area contributed by atoms with Crippen molar-refractivity contribution in [1.29, 1.82) is 0 Å². The first-order chi connectivity index (χ1) is 7.24. The number of carbonyl (C=O) groups excluding carboxylic acids is 1. The summed E-state index contributed by atoms with van der Waals surface area (Å²) in [4.78, 5) is 12.3. The highest BCUT2D eigenvalue weighted by molar-refractivity contribution is 5.48. The van der Waals surface area contributed by atoms with E-state index in [1.54, 1.807) is 4.90 Å². The molecule has 15 heavy (non-hydrogen) atoms. The van der Waals surface area contributed by atoms with E-state index in [0.29, 0.717) is 19.7 Å². The molecular formula is C12H14NO2. The minimum absolute atomic E-state index is 0.392. The molecule has 1 heterocycles. The summed E-state index contributed by atoms with van der Waals surface area (Å²) in [5.41, 5.74) is 0.710. The number of nitrogens with zero attached hydrogens (tertiary/aromatic N) is 1. The monoisotopic (exact) mass is 204 g/mol. The Balaban J connectivity index is 2.22. The first-order valence-corrected chi connectivity index (χ1v) is 5.07. The van der Waals surface area contributed by atoms with Gasteiger partial charge in [0.05, 0.1) is 13.2 Å². The topological polar surface area (TPSA) is 29.5 Å². The number of rotatable bonds is 2. The standard InChI is InChI=1S/C12H14NO2/c1-12(11-5-3-2-4-6-11)9-13(10-14)7-8-15-12/h2-6H,7-9H2,1H3. The summed E-state index contributed by atoms with van der Waals surface area (Å²) < 4.78 is 5.76. The molecule has 0 aromatic heterocycles. The summed E-state index contributed by atoms with van der Waals surface area (Å²) in [6.45, 7) is 3.78. The van der Waals surface area contributed by atoms with Gasteiger partial charge >= 0.3 is 6.41 Å². The van der Waals surface area contributed by atoms with Crippen LogP contribution in [0.4, 0.5) is 0 Å². The molecule has 0 spiro atoms. The first-order valence-electron chi connectivity index (χ1n) is 5.07. The molecule has 1 atom stereocenters. The molecule has 3 nitrogen and oxygen atoms in total. The molecule has 0 saturated carbocycles. The molecule has 79 valence electrons. The summed E-state index contributed by atoms with van der Waals surface area (Å²) in [6.07, 6.45) is 1.93. The van der Waals surface area contributed by atoms with Crippen LogP contribution < -0.4 is 0 Å². The Morgan fingerprint density at radius 3 is 2.80 bits per heavy atom. The van der Waals surface area contributed by atoms with Gasteiger partial charge in [-0.1, -0.05) is 30.3 Å². The lowest BCUT2D eigenvalue weighted by Gasteiger charge is -2.38. The van der Waals surface area contributed by atoms with E-state index in [-0.39, 0.29) is 0 Å². The van der Waals surface area contributed by atoms with Crippen LogP contribution in [0.5, 0.6) is 0 Å². The van der Waals surface area contributed by atoms with Gasteiger partial charge in [0.25, 0.3) is 0 Å². The maximum Gasteiger partial charge on any atom is 0.312 e. The highest BCUT2D eigenvalue weighted by Crippen LogP contribution is 2.28. The van der Waals surface area contributed by atoms with E-state index in [0.717, 1.165) is 5.56 Å². The summed E-state index contributed by atoms with van der Waals surface area (Å²) in [5, 5.41) is 0. The SMILES string of the molecule is CC1(c2ccccc2)CN([C]=O)CCO1. The van der Waals surface area contributed by atoms with Gasteiger partial charge < -0.3 is 9.64 Å². The Morgan fingerprint density at radius 1 is 1.40 bits per heavy atom. The lowest BCUT2D eigenvalue weighted by molar-refractivity contribution is -0.0858. The largest absolute Gasteiger partial charge is 0.367 e. The lowest BCUT2D eigenvalue weighted by Crippen LogP contribution is -2.47. The van der Waals surface area contributed by atoms with Gasteiger partial charge in [0.2, 0.25) is 0 Å². The van der Waals surface area contributed by atoms with Crippen molar-refractivity contribution in [2.45, 2.75) is 12.5 Å². The van der Waals surface area contributed by atoms with Gasteiger partial charge in [-0.05, 0) is 12.5 Å². The molecule has 2 rings (SSSR count). The third kappa shape index (κ3) is 2.02. The molecule has 1 saturated heterocycles. The predicted octanol–water partition coefficient (Wildman–Crippen LogP) is 1.30. The first kappa shape index (κ1) is 10.2. The van der Waals surface area contributed by atoms with Crippen molar-refractivity contribution in [3.63, 3.8) is 0 Å². The fourth-order valence-corrected chi connectivity index (χ4v) is 1.91. The van der Waals surface area contributed by atoms with Crippen LogP contribution in [0.15, 0.2) is 30.3 Å². The Morgan fingerprint density at radius 2 is 2.13 bits per heavy atom. The number of ether oxygens (including phenoxy) is 1. The molecule has 1 fully saturated rings. The van der Waals surface area contributed by atoms with E-state index in [1.165, 1.54) is 0 Å².